The van der Waals surface area contributed by atoms with Crippen molar-refractivity contribution in [3.63, 3.8) is 0 Å². The number of hydrogen-bond donors (Lipinski definition) is 2. The number of carboxylic acid groups (broad SMARTS) is 1. The number of aliphatic hydroxyl groups is 1. The Hall–Kier alpha value is -4.41. The highest BCUT2D eigenvalue weighted by atomic mass is 16.6. The van der Waals surface area contributed by atoms with E-state index in [4.69, 9.17) is 14.6 Å². The van der Waals surface area contributed by atoms with Gasteiger partial charge in [-0.15, -0.1) is 0 Å². The molecule has 2 aromatic carbocycles. The average molecular weight is 498 g/mol. The molecule has 0 bridgehead atoms. The predicted octanol–water partition coefficient (Wildman–Crippen LogP) is 3.68. The topological polar surface area (TPSA) is 157 Å². The van der Waals surface area contributed by atoms with Gasteiger partial charge in [0.15, 0.2) is 11.5 Å². The van der Waals surface area contributed by atoms with E-state index in [0.29, 0.717) is 36.3 Å². The second-order valence-corrected chi connectivity index (χ2v) is 8.12. The quantitative estimate of drug-likeness (QED) is 0.118. The number of methoxy groups -OCH3 is 2. The van der Waals surface area contributed by atoms with Crippen LogP contribution in [0.25, 0.3) is 5.76 Å². The van der Waals surface area contributed by atoms with E-state index in [1.54, 1.807) is 18.2 Å². The van der Waals surface area contributed by atoms with Crippen molar-refractivity contribution in [1.29, 1.82) is 0 Å². The summed E-state index contributed by atoms with van der Waals surface area (Å²) in [6, 6.07) is 8.91. The van der Waals surface area contributed by atoms with Crippen LogP contribution < -0.4 is 9.47 Å². The van der Waals surface area contributed by atoms with Gasteiger partial charge in [0.2, 0.25) is 0 Å². The minimum Gasteiger partial charge on any atom is -0.507 e. The number of unbranched alkanes of at least 4 members (excludes halogenated alkanes) is 2. The number of nitro groups is 1. The van der Waals surface area contributed by atoms with Gasteiger partial charge in [0.05, 0.1) is 30.8 Å². The number of non-ortho nitro benzene ring substituents is 1. The molecule has 0 aromatic heterocycles. The lowest BCUT2D eigenvalue weighted by atomic mass is 9.94. The van der Waals surface area contributed by atoms with Gasteiger partial charge in [0.25, 0.3) is 17.4 Å². The average Bonchev–Trinajstić information content (AvgIpc) is 3.12. The van der Waals surface area contributed by atoms with Gasteiger partial charge in [0, 0.05) is 30.7 Å². The summed E-state index contributed by atoms with van der Waals surface area (Å²) in [6.07, 6.45) is 1.39. The smallest absolute Gasteiger partial charge is 0.303 e. The predicted molar refractivity (Wildman–Crippen MR) is 128 cm³/mol. The molecular formula is C25H26N2O9. The maximum absolute atomic E-state index is 13.1. The Morgan fingerprint density at radius 3 is 2.25 bits per heavy atom. The summed E-state index contributed by atoms with van der Waals surface area (Å²) >= 11 is 0. The first kappa shape index (κ1) is 26.2. The lowest BCUT2D eigenvalue weighted by molar-refractivity contribution is -0.384. The molecule has 190 valence electrons. The van der Waals surface area contributed by atoms with Crippen LogP contribution in [0, 0.1) is 10.1 Å². The molecule has 2 aromatic rings. The lowest BCUT2D eigenvalue weighted by Crippen LogP contribution is -2.30. The number of ether oxygens (including phenoxy) is 2. The molecule has 1 heterocycles. The van der Waals surface area contributed by atoms with Gasteiger partial charge in [-0.05, 0) is 42.7 Å². The third kappa shape index (κ3) is 5.45. The Labute approximate surface area is 206 Å². The van der Waals surface area contributed by atoms with E-state index in [9.17, 15) is 29.6 Å². The zero-order chi connectivity index (χ0) is 26.4. The molecular weight excluding hydrogens is 472 g/mol. The maximum atomic E-state index is 13.1. The van der Waals surface area contributed by atoms with Crippen LogP contribution in [0.1, 0.15) is 42.9 Å². The number of likely N-dealkylation sites (tertiary alicyclic amines) is 1. The van der Waals surface area contributed by atoms with Crippen molar-refractivity contribution in [2.45, 2.75) is 31.7 Å². The highest BCUT2D eigenvalue weighted by Crippen LogP contribution is 2.42. The van der Waals surface area contributed by atoms with Gasteiger partial charge in [-0.3, -0.25) is 24.5 Å². The number of aliphatic carboxylic acids is 1. The summed E-state index contributed by atoms with van der Waals surface area (Å²) in [6.45, 7) is 0.153. The summed E-state index contributed by atoms with van der Waals surface area (Å²) in [7, 11) is 2.91. The Morgan fingerprint density at radius 1 is 1.00 bits per heavy atom. The highest BCUT2D eigenvalue weighted by Gasteiger charge is 2.46. The molecule has 0 saturated carbocycles. The molecule has 1 amide bonds. The number of ketones is 1. The van der Waals surface area contributed by atoms with Crippen LogP contribution in [-0.2, 0) is 14.4 Å². The van der Waals surface area contributed by atoms with Crippen molar-refractivity contribution in [3.05, 3.63) is 69.3 Å². The van der Waals surface area contributed by atoms with Gasteiger partial charge < -0.3 is 24.6 Å². The van der Waals surface area contributed by atoms with Crippen molar-refractivity contribution in [3.8, 4) is 11.5 Å². The summed E-state index contributed by atoms with van der Waals surface area (Å²) in [5.41, 5.74) is 0.280. The van der Waals surface area contributed by atoms with Crippen LogP contribution in [0.2, 0.25) is 0 Å². The molecule has 11 heteroatoms. The molecule has 0 radical (unpaired) electrons. The summed E-state index contributed by atoms with van der Waals surface area (Å²) in [5.74, 6) is -2.28. The van der Waals surface area contributed by atoms with Crippen molar-refractivity contribution in [1.82, 2.24) is 4.90 Å². The molecule has 2 N–H and O–H groups in total. The maximum Gasteiger partial charge on any atom is 0.303 e. The number of hydrogen-bond acceptors (Lipinski definition) is 8. The zero-order valence-electron chi connectivity index (χ0n) is 19.8. The number of nitro benzene ring substituents is 1. The number of amides is 1. The Balaban J connectivity index is 2.05. The third-order valence-corrected chi connectivity index (χ3v) is 5.90. The Bertz CT molecular complexity index is 1200. The molecule has 1 unspecified atom stereocenters. The Morgan fingerprint density at radius 2 is 1.67 bits per heavy atom. The minimum atomic E-state index is -0.959. The molecule has 0 aliphatic carbocycles. The standard InChI is InChI=1S/C25H26N2O9/c1-35-18-12-9-16(14-19(18)36-2)22-21(23(30)15-7-10-17(11-8-15)27(33)34)24(31)25(32)26(22)13-5-3-4-6-20(28)29/h7-12,14,22,30H,3-6,13H2,1-2H3,(H,28,29). The first-order chi connectivity index (χ1) is 17.2. The van der Waals surface area contributed by atoms with Crippen LogP contribution >= 0.6 is 0 Å². The molecule has 1 fully saturated rings. The largest absolute Gasteiger partial charge is 0.507 e. The lowest BCUT2D eigenvalue weighted by Gasteiger charge is -2.26. The van der Waals surface area contributed by atoms with Crippen molar-refractivity contribution in [2.24, 2.45) is 0 Å². The van der Waals surface area contributed by atoms with Gasteiger partial charge in [0.1, 0.15) is 5.76 Å². The molecule has 1 saturated heterocycles. The van der Waals surface area contributed by atoms with E-state index in [1.165, 1.54) is 43.4 Å². The van der Waals surface area contributed by atoms with E-state index < -0.39 is 34.4 Å². The monoisotopic (exact) mass is 498 g/mol. The summed E-state index contributed by atoms with van der Waals surface area (Å²) < 4.78 is 10.6. The van der Waals surface area contributed by atoms with Gasteiger partial charge >= 0.3 is 5.97 Å². The second kappa shape index (κ2) is 11.3. The van der Waals surface area contributed by atoms with Crippen molar-refractivity contribution >= 4 is 29.1 Å². The van der Waals surface area contributed by atoms with E-state index >= 15 is 0 Å². The number of carboxylic acids is 1. The van der Waals surface area contributed by atoms with Crippen LogP contribution in [-0.4, -0.2) is 58.5 Å². The molecule has 36 heavy (non-hydrogen) atoms. The minimum absolute atomic E-state index is 0.00192. The molecule has 11 nitrogen and oxygen atoms in total. The zero-order valence-corrected chi connectivity index (χ0v) is 19.8. The van der Waals surface area contributed by atoms with Crippen molar-refractivity contribution < 1.29 is 39.0 Å². The van der Waals surface area contributed by atoms with Crippen LogP contribution in [0.5, 0.6) is 11.5 Å². The number of carbonyl (C=O) groups excluding carboxylic acids is 2. The van der Waals surface area contributed by atoms with E-state index in [-0.39, 0.29) is 29.8 Å². The second-order valence-electron chi connectivity index (χ2n) is 8.12. The number of benzene rings is 2. The Kier molecular flexibility index (Phi) is 8.26. The molecule has 0 spiro atoms. The number of Topliss-reactive ketones (excluding diaryl/α,β-unsaturated/α-hetero) is 1. The number of aliphatic hydroxyl groups excluding tert-OH is 1. The fourth-order valence-corrected chi connectivity index (χ4v) is 4.11. The first-order valence-corrected chi connectivity index (χ1v) is 11.2. The fourth-order valence-electron chi connectivity index (χ4n) is 4.11. The van der Waals surface area contributed by atoms with Crippen LogP contribution in [0.4, 0.5) is 5.69 Å². The number of rotatable bonds is 11. The normalized spacial score (nSPS) is 16.7. The van der Waals surface area contributed by atoms with Crippen LogP contribution in [0.15, 0.2) is 48.0 Å². The third-order valence-electron chi connectivity index (χ3n) is 5.90. The molecule has 1 atom stereocenters. The highest BCUT2D eigenvalue weighted by molar-refractivity contribution is 6.46. The van der Waals surface area contributed by atoms with Gasteiger partial charge in [-0.1, -0.05) is 12.5 Å². The fraction of sp³-hybridized carbons (Fsp3) is 0.320. The van der Waals surface area contributed by atoms with E-state index in [1.807, 2.05) is 0 Å². The van der Waals surface area contributed by atoms with Gasteiger partial charge in [-0.25, -0.2) is 0 Å². The summed E-state index contributed by atoms with van der Waals surface area (Å²) in [4.78, 5) is 48.6. The first-order valence-electron chi connectivity index (χ1n) is 11.2. The number of nitrogens with zero attached hydrogens (tertiary/aromatic N) is 2. The molecule has 1 aliphatic heterocycles. The van der Waals surface area contributed by atoms with E-state index in [2.05, 4.69) is 0 Å². The van der Waals surface area contributed by atoms with E-state index in [0.717, 1.165) is 0 Å². The summed E-state index contributed by atoms with van der Waals surface area (Å²) in [5, 5.41) is 30.9. The van der Waals surface area contributed by atoms with Gasteiger partial charge in [-0.2, -0.15) is 0 Å². The molecule has 3 rings (SSSR count). The number of carbonyl (C=O) groups is 3. The molecule has 1 aliphatic rings. The van der Waals surface area contributed by atoms with Crippen molar-refractivity contribution in [2.75, 3.05) is 20.8 Å². The SMILES string of the molecule is COc1ccc(C2C(=C(O)c3ccc([N+](=O)[O-])cc3)C(=O)C(=O)N2CCCCCC(=O)O)cc1OC. The van der Waals surface area contributed by atoms with Crippen LogP contribution in [0.3, 0.4) is 0 Å².